The third-order valence-electron chi connectivity index (χ3n) is 5.17. The van der Waals surface area contributed by atoms with Crippen LogP contribution >= 0.6 is 11.3 Å². The Morgan fingerprint density at radius 1 is 1.06 bits per heavy atom. The number of thiophene rings is 1. The second-order valence-corrected chi connectivity index (χ2v) is 8.07. The van der Waals surface area contributed by atoms with Gasteiger partial charge in [-0.15, -0.1) is 11.3 Å². The van der Waals surface area contributed by atoms with Crippen molar-refractivity contribution in [1.82, 2.24) is 15.2 Å². The minimum absolute atomic E-state index is 0.0182. The van der Waals surface area contributed by atoms with Crippen molar-refractivity contribution in [2.24, 2.45) is 0 Å². The normalized spacial score (nSPS) is 13.5. The van der Waals surface area contributed by atoms with Crippen LogP contribution in [0.15, 0.2) is 60.1 Å². The SMILES string of the molecule is N#Cc1cccnc1N1CCN(C(=O)c2ccc(CNC(=O)c3cccs3)cc2)CC1. The molecule has 1 aliphatic heterocycles. The third kappa shape index (κ3) is 4.73. The lowest BCUT2D eigenvalue weighted by molar-refractivity contribution is 0.0746. The average molecular weight is 432 g/mol. The van der Waals surface area contributed by atoms with Crippen molar-refractivity contribution in [3.05, 3.63) is 81.7 Å². The van der Waals surface area contributed by atoms with Crippen LogP contribution < -0.4 is 10.2 Å². The lowest BCUT2D eigenvalue weighted by Gasteiger charge is -2.35. The first kappa shape index (κ1) is 20.6. The summed E-state index contributed by atoms with van der Waals surface area (Å²) in [5.41, 5.74) is 2.10. The smallest absolute Gasteiger partial charge is 0.261 e. The number of carbonyl (C=O) groups is 2. The number of hydrogen-bond donors (Lipinski definition) is 1. The number of amides is 2. The summed E-state index contributed by atoms with van der Waals surface area (Å²) in [6.45, 7) is 2.81. The highest BCUT2D eigenvalue weighted by Gasteiger charge is 2.24. The van der Waals surface area contributed by atoms with Gasteiger partial charge in [0.1, 0.15) is 11.9 Å². The molecule has 1 N–H and O–H groups in total. The molecule has 0 radical (unpaired) electrons. The van der Waals surface area contributed by atoms with Crippen LogP contribution in [-0.2, 0) is 6.54 Å². The number of piperazine rings is 1. The van der Waals surface area contributed by atoms with E-state index in [4.69, 9.17) is 0 Å². The maximum absolute atomic E-state index is 12.9. The monoisotopic (exact) mass is 431 g/mol. The number of pyridine rings is 1. The molecule has 3 heterocycles. The van der Waals surface area contributed by atoms with Gasteiger partial charge in [0.25, 0.3) is 11.8 Å². The number of rotatable bonds is 5. The van der Waals surface area contributed by atoms with E-state index in [-0.39, 0.29) is 11.8 Å². The Bertz CT molecular complexity index is 1100. The van der Waals surface area contributed by atoms with Gasteiger partial charge >= 0.3 is 0 Å². The fourth-order valence-electron chi connectivity index (χ4n) is 3.48. The molecule has 0 aliphatic carbocycles. The van der Waals surface area contributed by atoms with Crippen LogP contribution in [0.5, 0.6) is 0 Å². The van der Waals surface area contributed by atoms with Crippen molar-refractivity contribution in [1.29, 1.82) is 5.26 Å². The molecule has 3 aromatic rings. The number of hydrogen-bond acceptors (Lipinski definition) is 6. The van der Waals surface area contributed by atoms with E-state index in [0.717, 1.165) is 5.56 Å². The molecule has 8 heteroatoms. The Morgan fingerprint density at radius 2 is 1.84 bits per heavy atom. The van der Waals surface area contributed by atoms with Crippen molar-refractivity contribution in [3.63, 3.8) is 0 Å². The number of nitrogens with zero attached hydrogens (tertiary/aromatic N) is 4. The molecular weight excluding hydrogens is 410 g/mol. The van der Waals surface area contributed by atoms with Gasteiger partial charge in [0.15, 0.2) is 0 Å². The van der Waals surface area contributed by atoms with Gasteiger partial charge in [-0.05, 0) is 41.3 Å². The zero-order valence-electron chi connectivity index (χ0n) is 16.8. The molecule has 1 fully saturated rings. The largest absolute Gasteiger partial charge is 0.352 e. The van der Waals surface area contributed by atoms with Gasteiger partial charge in [-0.25, -0.2) is 4.98 Å². The minimum atomic E-state index is -0.0968. The molecule has 0 saturated carbocycles. The molecule has 2 aromatic heterocycles. The summed E-state index contributed by atoms with van der Waals surface area (Å²) >= 11 is 1.40. The van der Waals surface area contributed by atoms with E-state index in [0.29, 0.717) is 54.5 Å². The number of anilines is 1. The number of aromatic nitrogens is 1. The summed E-state index contributed by atoms with van der Waals surface area (Å²) in [6, 6.07) is 16.6. The average Bonchev–Trinajstić information content (AvgIpc) is 3.38. The fraction of sp³-hybridized carbons (Fsp3) is 0.217. The Labute approximate surface area is 184 Å². The van der Waals surface area contributed by atoms with Crippen LogP contribution in [0.3, 0.4) is 0 Å². The molecule has 0 unspecified atom stereocenters. The van der Waals surface area contributed by atoms with Crippen molar-refractivity contribution in [2.75, 3.05) is 31.1 Å². The molecule has 1 saturated heterocycles. The van der Waals surface area contributed by atoms with Gasteiger partial charge in [0.05, 0.1) is 10.4 Å². The van der Waals surface area contributed by atoms with E-state index >= 15 is 0 Å². The van der Waals surface area contributed by atoms with Gasteiger partial charge in [-0.3, -0.25) is 9.59 Å². The van der Waals surface area contributed by atoms with Crippen LogP contribution in [0.2, 0.25) is 0 Å². The van der Waals surface area contributed by atoms with Crippen LogP contribution in [0, 0.1) is 11.3 Å². The summed E-state index contributed by atoms with van der Waals surface area (Å²) in [5, 5.41) is 14.0. The van der Waals surface area contributed by atoms with Crippen LogP contribution in [0.25, 0.3) is 0 Å². The summed E-state index contributed by atoms with van der Waals surface area (Å²) in [4.78, 5) is 33.8. The molecule has 4 rings (SSSR count). The van der Waals surface area contributed by atoms with E-state index in [9.17, 15) is 14.9 Å². The predicted octanol–water partition coefficient (Wildman–Crippen LogP) is 2.91. The van der Waals surface area contributed by atoms with Crippen molar-refractivity contribution < 1.29 is 9.59 Å². The third-order valence-corrected chi connectivity index (χ3v) is 6.04. The van der Waals surface area contributed by atoms with E-state index < -0.39 is 0 Å². The summed E-state index contributed by atoms with van der Waals surface area (Å²) in [7, 11) is 0. The van der Waals surface area contributed by atoms with Crippen LogP contribution in [-0.4, -0.2) is 47.9 Å². The topological polar surface area (TPSA) is 89.3 Å². The van der Waals surface area contributed by atoms with E-state index in [1.54, 1.807) is 36.5 Å². The van der Waals surface area contributed by atoms with Gasteiger partial charge in [-0.2, -0.15) is 5.26 Å². The van der Waals surface area contributed by atoms with Crippen LogP contribution in [0.4, 0.5) is 5.82 Å². The minimum Gasteiger partial charge on any atom is -0.352 e. The first-order valence-electron chi connectivity index (χ1n) is 9.95. The Morgan fingerprint density at radius 3 is 2.52 bits per heavy atom. The maximum Gasteiger partial charge on any atom is 0.261 e. The molecule has 0 atom stereocenters. The van der Waals surface area contributed by atoms with E-state index in [2.05, 4.69) is 16.4 Å². The summed E-state index contributed by atoms with van der Waals surface area (Å²) < 4.78 is 0. The van der Waals surface area contributed by atoms with Crippen molar-refractivity contribution in [3.8, 4) is 6.07 Å². The van der Waals surface area contributed by atoms with Crippen molar-refractivity contribution in [2.45, 2.75) is 6.54 Å². The van der Waals surface area contributed by atoms with E-state index in [1.165, 1.54) is 11.3 Å². The molecule has 1 aliphatic rings. The molecule has 0 spiro atoms. The van der Waals surface area contributed by atoms with Gasteiger partial charge < -0.3 is 15.1 Å². The zero-order valence-corrected chi connectivity index (χ0v) is 17.6. The fourth-order valence-corrected chi connectivity index (χ4v) is 4.12. The maximum atomic E-state index is 12.9. The number of benzene rings is 1. The Hall–Kier alpha value is -3.70. The molecule has 156 valence electrons. The zero-order chi connectivity index (χ0) is 21.6. The quantitative estimate of drug-likeness (QED) is 0.671. The number of nitrogens with one attached hydrogen (secondary N) is 1. The Kier molecular flexibility index (Phi) is 6.24. The molecular formula is C23H21N5O2S. The van der Waals surface area contributed by atoms with Gasteiger partial charge in [0.2, 0.25) is 0 Å². The molecule has 0 bridgehead atoms. The standard InChI is InChI=1S/C23H21N5O2S/c24-15-19-3-1-9-25-21(19)27-10-12-28(13-11-27)23(30)18-7-5-17(6-8-18)16-26-22(29)20-4-2-14-31-20/h1-9,14H,10-13,16H2,(H,26,29). The first-order valence-corrected chi connectivity index (χ1v) is 10.8. The highest BCUT2D eigenvalue weighted by Crippen LogP contribution is 2.19. The van der Waals surface area contributed by atoms with Gasteiger partial charge in [-0.1, -0.05) is 18.2 Å². The number of carbonyl (C=O) groups excluding carboxylic acids is 2. The Balaban J connectivity index is 1.32. The lowest BCUT2D eigenvalue weighted by atomic mass is 10.1. The summed E-state index contributed by atoms with van der Waals surface area (Å²) in [6.07, 6.45) is 1.68. The highest BCUT2D eigenvalue weighted by atomic mass is 32.1. The highest BCUT2D eigenvalue weighted by molar-refractivity contribution is 7.12. The molecule has 7 nitrogen and oxygen atoms in total. The van der Waals surface area contributed by atoms with Gasteiger partial charge in [0, 0.05) is 44.5 Å². The van der Waals surface area contributed by atoms with E-state index in [1.807, 2.05) is 33.4 Å². The second kappa shape index (κ2) is 9.41. The van der Waals surface area contributed by atoms with Crippen LogP contribution in [0.1, 0.15) is 31.2 Å². The summed E-state index contributed by atoms with van der Waals surface area (Å²) in [5.74, 6) is 0.557. The molecule has 2 amide bonds. The second-order valence-electron chi connectivity index (χ2n) is 7.12. The lowest BCUT2D eigenvalue weighted by Crippen LogP contribution is -2.49. The molecule has 31 heavy (non-hydrogen) atoms. The first-order chi connectivity index (χ1) is 15.2. The predicted molar refractivity (Wildman–Crippen MR) is 119 cm³/mol. The van der Waals surface area contributed by atoms with Crippen molar-refractivity contribution >= 4 is 29.0 Å². The molecule has 1 aromatic carbocycles. The number of nitriles is 1.